The van der Waals surface area contributed by atoms with Crippen LogP contribution in [0.2, 0.25) is 0 Å². The fourth-order valence-electron chi connectivity index (χ4n) is 4.66. The fourth-order valence-corrected chi connectivity index (χ4v) is 4.66. The molecule has 152 valence electrons. The molecule has 0 bridgehead atoms. The average Bonchev–Trinajstić information content (AvgIpc) is 3.25. The van der Waals surface area contributed by atoms with Crippen molar-refractivity contribution >= 4 is 22.5 Å². The molecular formula is C21H24N4O4. The predicted molar refractivity (Wildman–Crippen MR) is 107 cm³/mol. The number of hydrogen-bond acceptors (Lipinski definition) is 5. The molecule has 2 aliphatic heterocycles. The van der Waals surface area contributed by atoms with Crippen molar-refractivity contribution in [1.29, 1.82) is 0 Å². The van der Waals surface area contributed by atoms with E-state index >= 15 is 0 Å². The molecule has 0 unspecified atom stereocenters. The monoisotopic (exact) mass is 396 g/mol. The Balaban J connectivity index is 1.60. The van der Waals surface area contributed by atoms with E-state index < -0.39 is 0 Å². The van der Waals surface area contributed by atoms with Gasteiger partial charge in [0, 0.05) is 23.5 Å². The highest BCUT2D eigenvalue weighted by molar-refractivity contribution is 5.87. The van der Waals surface area contributed by atoms with Gasteiger partial charge in [-0.25, -0.2) is 13.9 Å². The van der Waals surface area contributed by atoms with Crippen molar-refractivity contribution in [3.8, 4) is 11.5 Å². The Morgan fingerprint density at radius 1 is 1.14 bits per heavy atom. The average molecular weight is 396 g/mol. The van der Waals surface area contributed by atoms with Crippen LogP contribution in [0.25, 0.3) is 16.6 Å². The quantitative estimate of drug-likeness (QED) is 0.665. The Bertz CT molecular complexity index is 1190. The Morgan fingerprint density at radius 3 is 2.55 bits per heavy atom. The minimum Gasteiger partial charge on any atom is -0.454 e. The third-order valence-corrected chi connectivity index (χ3v) is 6.09. The number of amides is 1. The number of likely N-dealkylation sites (tertiary alicyclic amines) is 1. The molecule has 4 heterocycles. The summed E-state index contributed by atoms with van der Waals surface area (Å²) in [5.41, 5.74) is 1.78. The third-order valence-electron chi connectivity index (χ3n) is 6.09. The number of piperidine rings is 1. The van der Waals surface area contributed by atoms with Crippen LogP contribution in [0.3, 0.4) is 0 Å². The lowest BCUT2D eigenvalue weighted by atomic mass is 9.97. The first kappa shape index (κ1) is 18.0. The van der Waals surface area contributed by atoms with Crippen LogP contribution in [0.4, 0.5) is 0 Å². The van der Waals surface area contributed by atoms with Crippen molar-refractivity contribution in [2.75, 3.05) is 6.79 Å². The van der Waals surface area contributed by atoms with E-state index in [4.69, 9.17) is 9.47 Å². The molecule has 1 saturated heterocycles. The van der Waals surface area contributed by atoms with Crippen LogP contribution >= 0.6 is 0 Å². The number of ether oxygens (including phenoxy) is 2. The molecule has 2 atom stereocenters. The van der Waals surface area contributed by atoms with E-state index in [1.807, 2.05) is 24.0 Å². The summed E-state index contributed by atoms with van der Waals surface area (Å²) >= 11 is 0. The molecule has 8 nitrogen and oxygen atoms in total. The van der Waals surface area contributed by atoms with Crippen LogP contribution in [0, 0.1) is 6.92 Å². The second kappa shape index (κ2) is 6.50. The van der Waals surface area contributed by atoms with Gasteiger partial charge in [-0.2, -0.15) is 0 Å². The normalized spacial score (nSPS) is 21.3. The van der Waals surface area contributed by atoms with Gasteiger partial charge in [0.2, 0.25) is 12.7 Å². The fraction of sp³-hybridized carbons (Fsp3) is 0.476. The first-order chi connectivity index (χ1) is 13.9. The molecule has 1 amide bonds. The first-order valence-corrected chi connectivity index (χ1v) is 10.1. The molecule has 0 radical (unpaired) electrons. The van der Waals surface area contributed by atoms with Gasteiger partial charge in [0.1, 0.15) is 6.54 Å². The van der Waals surface area contributed by atoms with Crippen molar-refractivity contribution in [2.45, 2.75) is 58.7 Å². The summed E-state index contributed by atoms with van der Waals surface area (Å²) < 4.78 is 13.8. The van der Waals surface area contributed by atoms with Crippen LogP contribution in [-0.4, -0.2) is 43.9 Å². The van der Waals surface area contributed by atoms with Crippen LogP contribution in [-0.2, 0) is 11.3 Å². The van der Waals surface area contributed by atoms with Gasteiger partial charge in [0.25, 0.3) is 0 Å². The number of benzene rings is 1. The highest BCUT2D eigenvalue weighted by Crippen LogP contribution is 2.36. The van der Waals surface area contributed by atoms with Gasteiger partial charge in [-0.05, 0) is 57.7 Å². The minimum absolute atomic E-state index is 0.0549. The topological polar surface area (TPSA) is 78.1 Å². The number of pyridine rings is 1. The molecule has 3 aromatic rings. The predicted octanol–water partition coefficient (Wildman–Crippen LogP) is 2.48. The number of carbonyl (C=O) groups is 1. The zero-order chi connectivity index (χ0) is 20.3. The molecule has 0 N–H and O–H groups in total. The summed E-state index contributed by atoms with van der Waals surface area (Å²) in [5.74, 6) is 1.21. The number of carbonyl (C=O) groups excluding carboxylic acids is 1. The Labute approximate surface area is 167 Å². The van der Waals surface area contributed by atoms with Gasteiger partial charge in [0.05, 0.1) is 5.52 Å². The lowest BCUT2D eigenvalue weighted by Crippen LogP contribution is -2.49. The largest absolute Gasteiger partial charge is 0.454 e. The highest BCUT2D eigenvalue weighted by Gasteiger charge is 2.30. The Kier molecular flexibility index (Phi) is 4.04. The van der Waals surface area contributed by atoms with E-state index in [-0.39, 0.29) is 37.0 Å². The number of aryl methyl sites for hydroxylation is 1. The van der Waals surface area contributed by atoms with Gasteiger partial charge >= 0.3 is 5.69 Å². The molecule has 0 saturated carbocycles. The van der Waals surface area contributed by atoms with Gasteiger partial charge < -0.3 is 14.4 Å². The van der Waals surface area contributed by atoms with Crippen LogP contribution in [0.5, 0.6) is 11.5 Å². The van der Waals surface area contributed by atoms with E-state index in [0.29, 0.717) is 22.7 Å². The van der Waals surface area contributed by atoms with E-state index in [9.17, 15) is 9.59 Å². The van der Waals surface area contributed by atoms with Crippen molar-refractivity contribution in [3.05, 3.63) is 34.2 Å². The molecule has 29 heavy (non-hydrogen) atoms. The number of fused-ring (bicyclic) bond motifs is 4. The van der Waals surface area contributed by atoms with Crippen molar-refractivity contribution < 1.29 is 14.3 Å². The maximum absolute atomic E-state index is 13.2. The smallest absolute Gasteiger partial charge is 0.351 e. The molecule has 2 aromatic heterocycles. The van der Waals surface area contributed by atoms with Crippen LogP contribution < -0.4 is 15.2 Å². The SMILES string of the molecule is Cc1cc2cc3c(cc2n2c(=O)n(CC(=O)N4[C@@H](C)CCC[C@@H]4C)nc12)OCO3. The molecule has 1 fully saturated rings. The molecule has 2 aliphatic rings. The third kappa shape index (κ3) is 2.77. The lowest BCUT2D eigenvalue weighted by Gasteiger charge is -2.39. The summed E-state index contributed by atoms with van der Waals surface area (Å²) in [6.07, 6.45) is 3.11. The second-order valence-corrected chi connectivity index (χ2v) is 8.12. The van der Waals surface area contributed by atoms with Gasteiger partial charge in [-0.15, -0.1) is 5.10 Å². The summed E-state index contributed by atoms with van der Waals surface area (Å²) in [5, 5.41) is 5.35. The van der Waals surface area contributed by atoms with E-state index in [1.165, 1.54) is 4.68 Å². The molecular weight excluding hydrogens is 372 g/mol. The van der Waals surface area contributed by atoms with Crippen LogP contribution in [0.15, 0.2) is 23.0 Å². The number of nitrogens with zero attached hydrogens (tertiary/aromatic N) is 4. The standard InChI is InChI=1S/C21H24N4O4/c1-12-7-15-8-17-18(29-11-28-17)9-16(15)25-20(12)22-23(21(25)27)10-19(26)24-13(2)5-4-6-14(24)3/h7-9,13-14H,4-6,10-11H2,1-3H3/t13-,14-/m0/s1. The van der Waals surface area contributed by atoms with Crippen molar-refractivity contribution in [3.63, 3.8) is 0 Å². The maximum atomic E-state index is 13.2. The first-order valence-electron chi connectivity index (χ1n) is 10.1. The van der Waals surface area contributed by atoms with Gasteiger partial charge in [0.15, 0.2) is 17.1 Å². The van der Waals surface area contributed by atoms with Gasteiger partial charge in [-0.1, -0.05) is 0 Å². The van der Waals surface area contributed by atoms with E-state index in [2.05, 4.69) is 18.9 Å². The Morgan fingerprint density at radius 2 is 1.83 bits per heavy atom. The number of hydrogen-bond donors (Lipinski definition) is 0. The number of aromatic nitrogens is 3. The zero-order valence-electron chi connectivity index (χ0n) is 16.8. The minimum atomic E-state index is -0.321. The molecule has 0 aliphatic carbocycles. The lowest BCUT2D eigenvalue weighted by molar-refractivity contribution is -0.138. The highest BCUT2D eigenvalue weighted by atomic mass is 16.7. The molecule has 5 rings (SSSR count). The maximum Gasteiger partial charge on any atom is 0.351 e. The summed E-state index contributed by atoms with van der Waals surface area (Å²) in [4.78, 5) is 28.1. The second-order valence-electron chi connectivity index (χ2n) is 8.12. The summed E-state index contributed by atoms with van der Waals surface area (Å²) in [6, 6.07) is 6.01. The van der Waals surface area contributed by atoms with E-state index in [0.717, 1.165) is 30.2 Å². The van der Waals surface area contributed by atoms with Crippen LogP contribution in [0.1, 0.15) is 38.7 Å². The van der Waals surface area contributed by atoms with E-state index in [1.54, 1.807) is 10.5 Å². The van der Waals surface area contributed by atoms with Gasteiger partial charge in [-0.3, -0.25) is 4.79 Å². The zero-order valence-corrected chi connectivity index (χ0v) is 16.8. The summed E-state index contributed by atoms with van der Waals surface area (Å²) in [7, 11) is 0. The summed E-state index contributed by atoms with van der Waals surface area (Å²) in [6.45, 7) is 6.16. The molecule has 1 aromatic carbocycles. The molecule has 8 heteroatoms. The van der Waals surface area contributed by atoms with Crippen molar-refractivity contribution in [2.24, 2.45) is 0 Å². The number of rotatable bonds is 2. The molecule has 0 spiro atoms. The van der Waals surface area contributed by atoms with Crippen molar-refractivity contribution in [1.82, 2.24) is 19.1 Å². The Hall–Kier alpha value is -3.03.